The first-order valence-corrected chi connectivity index (χ1v) is 23.2. The third-order valence-corrected chi connectivity index (χ3v) is 12.6. The van der Waals surface area contributed by atoms with Gasteiger partial charge in [0.15, 0.2) is 0 Å². The molecule has 3 aromatic heterocycles. The molecule has 0 fully saturated rings. The van der Waals surface area contributed by atoms with E-state index >= 15 is 0 Å². The van der Waals surface area contributed by atoms with E-state index in [0.29, 0.717) is 29.0 Å². The van der Waals surface area contributed by atoms with Gasteiger partial charge >= 0.3 is 0 Å². The molecule has 9 rings (SSSR count). The molecular weight excluding hydrogens is 924 g/mol. The summed E-state index contributed by atoms with van der Waals surface area (Å²) in [6.07, 6.45) is 1.31. The summed E-state index contributed by atoms with van der Waals surface area (Å²) in [5.41, 5.74) is 12.8. The molecule has 0 amide bonds. The number of hydrogen-bond donors (Lipinski definition) is 0. The Hall–Kier alpha value is -5.46. The maximum atomic E-state index is 12.7. The van der Waals surface area contributed by atoms with Crippen LogP contribution < -0.4 is 5.19 Å². The predicted molar refractivity (Wildman–Crippen MR) is 241 cm³/mol. The summed E-state index contributed by atoms with van der Waals surface area (Å²) in [7, 11) is -1.49. The van der Waals surface area contributed by atoms with E-state index in [0.717, 1.165) is 44.2 Å². The first-order valence-electron chi connectivity index (χ1n) is 21.2. The molecule has 0 N–H and O–H groups in total. The summed E-state index contributed by atoms with van der Waals surface area (Å²) >= 11 is 0. The molecule has 9 aromatic rings. The average molecular weight is 974 g/mol. The summed E-state index contributed by atoms with van der Waals surface area (Å²) in [5.74, 6) is 0.804. The summed E-state index contributed by atoms with van der Waals surface area (Å²) in [5, 5.41) is 3.54. The molecule has 0 spiro atoms. The minimum absolute atomic E-state index is 0. The molecule has 0 bridgehead atoms. The molecule has 7 heteroatoms. The number of benzene rings is 6. The molecule has 3 heterocycles. The molecule has 6 aromatic carbocycles. The fraction of sp³-hybridized carbons (Fsp3) is 0.192. The van der Waals surface area contributed by atoms with E-state index in [1.807, 2.05) is 12.1 Å². The zero-order chi connectivity index (χ0) is 43.2. The number of rotatable bonds is 7. The number of fused-ring (bicyclic) bond motifs is 4. The molecule has 0 unspecified atom stereocenters. The van der Waals surface area contributed by atoms with Crippen molar-refractivity contribution in [2.75, 3.05) is 0 Å². The first kappa shape index (κ1) is 37.8. The van der Waals surface area contributed by atoms with Crippen LogP contribution in [0.15, 0.2) is 136 Å². The Morgan fingerprint density at radius 3 is 2.14 bits per heavy atom. The second-order valence-corrected chi connectivity index (χ2v) is 21.5. The quantitative estimate of drug-likeness (QED) is 0.118. The number of aromatic nitrogens is 2. The van der Waals surface area contributed by atoms with Crippen molar-refractivity contribution in [1.29, 1.82) is 0 Å². The van der Waals surface area contributed by atoms with Gasteiger partial charge < -0.3 is 13.8 Å². The Balaban J connectivity index is 0.000000270. The van der Waals surface area contributed by atoms with Crippen LogP contribution in [0.4, 0.5) is 4.39 Å². The third kappa shape index (κ3) is 8.51. The van der Waals surface area contributed by atoms with E-state index < -0.39 is 14.9 Å². The number of nitrogens with zero attached hydrogens (tertiary/aromatic N) is 2. The Morgan fingerprint density at radius 2 is 1.49 bits per heavy atom. The van der Waals surface area contributed by atoms with E-state index in [1.54, 1.807) is 12.1 Å². The fourth-order valence-electron chi connectivity index (χ4n) is 7.44. The Labute approximate surface area is 365 Å². The molecule has 0 atom stereocenters. The molecule has 0 aliphatic rings. The van der Waals surface area contributed by atoms with Crippen molar-refractivity contribution in [3.8, 4) is 45.0 Å². The largest absolute Gasteiger partial charge is 0.500 e. The number of aryl methyl sites for hydroxylation is 1. The van der Waals surface area contributed by atoms with E-state index in [2.05, 4.69) is 143 Å². The number of halogens is 1. The van der Waals surface area contributed by atoms with Crippen molar-refractivity contribution >= 4 is 46.3 Å². The van der Waals surface area contributed by atoms with Gasteiger partial charge in [-0.15, -0.1) is 48.0 Å². The van der Waals surface area contributed by atoms with Crippen LogP contribution in [-0.2, 0) is 20.1 Å². The second kappa shape index (κ2) is 17.0. The Kier molecular flexibility index (Phi) is 10.9. The number of hydrogen-bond acceptors (Lipinski definition) is 4. The van der Waals surface area contributed by atoms with Gasteiger partial charge in [0, 0.05) is 47.2 Å². The number of pyridine rings is 1. The van der Waals surface area contributed by atoms with Crippen LogP contribution in [0, 0.1) is 24.8 Å². The topological polar surface area (TPSA) is 52.1 Å². The van der Waals surface area contributed by atoms with Crippen molar-refractivity contribution in [3.63, 3.8) is 0 Å². The van der Waals surface area contributed by atoms with Crippen LogP contribution >= 0.6 is 0 Å². The number of oxazole rings is 1. The van der Waals surface area contributed by atoms with E-state index in [-0.39, 0.29) is 31.5 Å². The van der Waals surface area contributed by atoms with Gasteiger partial charge in [-0.1, -0.05) is 137 Å². The van der Waals surface area contributed by atoms with E-state index in [9.17, 15) is 4.39 Å². The SMILES string of the molecule is CC(C)c1cc(-c2ccccc2)cc(C(C)C)c1-c1cccc2nc(-c3[c-]ccc4c3oc3cc([Si](C)(C)C)ccc34)oc12.[2H]C([2H])([2H])c1ccc(-c2[c-]cc(F)cc2)nc1.[Ir]. The van der Waals surface area contributed by atoms with Crippen LogP contribution in [0.25, 0.3) is 78.0 Å². The molecular formula is C52H47FIrN2O2Si-2. The maximum Gasteiger partial charge on any atom is 0.149 e. The van der Waals surface area contributed by atoms with Crippen molar-refractivity contribution in [2.24, 2.45) is 0 Å². The van der Waals surface area contributed by atoms with Crippen LogP contribution in [0.1, 0.15) is 60.3 Å². The van der Waals surface area contributed by atoms with Gasteiger partial charge in [0.05, 0.1) is 19.2 Å². The van der Waals surface area contributed by atoms with Crippen LogP contribution in [0.2, 0.25) is 19.6 Å². The molecule has 0 aliphatic heterocycles. The Morgan fingerprint density at radius 1 is 0.729 bits per heavy atom. The number of furan rings is 1. The molecule has 0 saturated carbocycles. The zero-order valence-electron chi connectivity index (χ0n) is 37.2. The minimum atomic E-state index is -2.15. The van der Waals surface area contributed by atoms with Gasteiger partial charge in [-0.25, -0.2) is 0 Å². The molecule has 0 saturated heterocycles. The fourth-order valence-corrected chi connectivity index (χ4v) is 8.59. The molecule has 1 radical (unpaired) electrons. The van der Waals surface area contributed by atoms with Crippen molar-refractivity contribution in [1.82, 2.24) is 9.97 Å². The predicted octanol–water partition coefficient (Wildman–Crippen LogP) is 14.3. The molecule has 59 heavy (non-hydrogen) atoms. The number of para-hydroxylation sites is 1. The second-order valence-electron chi connectivity index (χ2n) is 16.4. The van der Waals surface area contributed by atoms with Crippen LogP contribution in [-0.4, -0.2) is 18.0 Å². The van der Waals surface area contributed by atoms with Gasteiger partial charge in [-0.2, -0.15) is 0 Å². The minimum Gasteiger partial charge on any atom is -0.500 e. The average Bonchev–Trinajstić information content (AvgIpc) is 3.85. The smallest absolute Gasteiger partial charge is 0.149 e. The van der Waals surface area contributed by atoms with Crippen LogP contribution in [0.3, 0.4) is 0 Å². The first-order chi connectivity index (χ1) is 29.1. The van der Waals surface area contributed by atoms with Gasteiger partial charge in [-0.3, -0.25) is 9.37 Å². The third-order valence-electron chi connectivity index (χ3n) is 10.6. The van der Waals surface area contributed by atoms with Gasteiger partial charge in [-0.05, 0) is 75.5 Å². The van der Waals surface area contributed by atoms with Crippen molar-refractivity contribution < 1.29 is 37.4 Å². The van der Waals surface area contributed by atoms with Gasteiger partial charge in [0.1, 0.15) is 17.1 Å². The van der Waals surface area contributed by atoms with E-state index in [1.165, 1.54) is 57.4 Å². The van der Waals surface area contributed by atoms with Crippen molar-refractivity contribution in [2.45, 2.75) is 66.0 Å². The van der Waals surface area contributed by atoms with Gasteiger partial charge in [0.25, 0.3) is 0 Å². The van der Waals surface area contributed by atoms with Crippen LogP contribution in [0.5, 0.6) is 0 Å². The molecule has 0 aliphatic carbocycles. The summed E-state index contributed by atoms with van der Waals surface area (Å²) in [4.78, 5) is 9.04. The maximum absolute atomic E-state index is 12.7. The molecule has 4 nitrogen and oxygen atoms in total. The van der Waals surface area contributed by atoms with E-state index in [4.69, 9.17) is 17.9 Å². The van der Waals surface area contributed by atoms with Crippen molar-refractivity contribution in [3.05, 3.63) is 162 Å². The molecule has 299 valence electrons. The Bertz CT molecular complexity index is 2980. The summed E-state index contributed by atoms with van der Waals surface area (Å²) < 4.78 is 47.6. The monoisotopic (exact) mass is 974 g/mol. The van der Waals surface area contributed by atoms with Gasteiger partial charge in [0.2, 0.25) is 0 Å². The summed E-state index contributed by atoms with van der Waals surface area (Å²) in [6.45, 7) is 14.0. The standard InChI is InChI=1S/C40H38NO2Si.C12H9FN.Ir/c1-24(2)33-21-27(26-13-9-8-10-14-26)22-34(25(3)4)37(33)31-16-12-18-35-39(31)43-40(41-35)32-17-11-15-30-29-20-19-28(44(5,6)7)23-36(29)42-38(30)32;1-9-2-7-12(14-8-9)10-3-5-11(13)6-4-10;/h8-16,18-25H,1-7H3;2-3,5-8H,1H3;/q2*-1;/i;1D3;. The zero-order valence-corrected chi connectivity index (χ0v) is 37.6. The normalized spacial score (nSPS) is 12.6. The summed E-state index contributed by atoms with van der Waals surface area (Å²) in [6, 6.07) is 45.7.